The molecule has 3 aromatic rings. The van der Waals surface area contributed by atoms with Crippen LogP contribution in [0.5, 0.6) is 5.75 Å². The molecule has 3 fully saturated rings. The first-order valence-electron chi connectivity index (χ1n) is 11.2. The maximum Gasteiger partial charge on any atom is 0.258 e. The number of benzene rings is 1. The molecule has 5 heterocycles. The second-order valence-electron chi connectivity index (χ2n) is 8.80. The van der Waals surface area contributed by atoms with Crippen LogP contribution >= 0.6 is 0 Å². The van der Waals surface area contributed by atoms with E-state index in [9.17, 15) is 8.42 Å². The summed E-state index contributed by atoms with van der Waals surface area (Å²) in [4.78, 5) is 11.0. The highest BCUT2D eigenvalue weighted by molar-refractivity contribution is 7.89. The molecule has 6 rings (SSSR count). The number of nitrogens with zero attached hydrogens (tertiary/aromatic N) is 3. The molecule has 0 amide bonds. The smallest absolute Gasteiger partial charge is 0.258 e. The third-order valence-corrected chi connectivity index (χ3v) is 8.41. The molecule has 2 aromatic heterocycles. The fraction of sp³-hybridized carbons (Fsp3) is 0.360. The van der Waals surface area contributed by atoms with Gasteiger partial charge in [0.1, 0.15) is 5.75 Å². The Morgan fingerprint density at radius 1 is 1.21 bits per heavy atom. The van der Waals surface area contributed by atoms with Gasteiger partial charge in [0.25, 0.3) is 10.0 Å². The minimum atomic E-state index is -3.84. The fourth-order valence-corrected chi connectivity index (χ4v) is 6.55. The molecule has 0 aliphatic carbocycles. The van der Waals surface area contributed by atoms with E-state index >= 15 is 0 Å². The molecule has 2 bridgehead atoms. The Kier molecular flexibility index (Phi) is 5.90. The van der Waals surface area contributed by atoms with Crippen molar-refractivity contribution in [3.63, 3.8) is 0 Å². The molecule has 33 heavy (non-hydrogen) atoms. The first-order valence-corrected chi connectivity index (χ1v) is 12.7. The average molecular weight is 465 g/mol. The van der Waals surface area contributed by atoms with E-state index in [2.05, 4.69) is 26.2 Å². The number of rotatable bonds is 7. The highest BCUT2D eigenvalue weighted by Gasteiger charge is 2.44. The number of hydrogen-bond acceptors (Lipinski definition) is 6. The normalized spacial score (nSPS) is 25.6. The summed E-state index contributed by atoms with van der Waals surface area (Å²) in [7, 11) is -2.21. The molecule has 7 nitrogen and oxygen atoms in total. The lowest BCUT2D eigenvalue weighted by Gasteiger charge is -2.51. The number of pyridine rings is 2. The molecule has 3 aliphatic rings. The first-order chi connectivity index (χ1) is 16.0. The van der Waals surface area contributed by atoms with Gasteiger partial charge < -0.3 is 4.74 Å². The van der Waals surface area contributed by atoms with Gasteiger partial charge >= 0.3 is 0 Å². The quantitative estimate of drug-likeness (QED) is 0.539. The predicted molar refractivity (Wildman–Crippen MR) is 127 cm³/mol. The van der Waals surface area contributed by atoms with Crippen LogP contribution in [0.2, 0.25) is 0 Å². The summed E-state index contributed by atoms with van der Waals surface area (Å²) in [5, 5.41) is 0.902. The zero-order chi connectivity index (χ0) is 23.0. The molecule has 5 atom stereocenters. The maximum atomic E-state index is 13.4. The summed E-state index contributed by atoms with van der Waals surface area (Å²) in [5.74, 6) is 1.65. The molecule has 1 N–H and O–H groups in total. The molecule has 0 radical (unpaired) electrons. The van der Waals surface area contributed by atoms with Crippen LogP contribution in [-0.4, -0.2) is 49.5 Å². The first kappa shape index (κ1) is 22.0. The Morgan fingerprint density at radius 3 is 2.79 bits per heavy atom. The third kappa shape index (κ3) is 4.14. The van der Waals surface area contributed by atoms with Gasteiger partial charge in [-0.2, -0.15) is 0 Å². The Labute approximate surface area is 194 Å². The number of fused-ring (bicyclic) bond motifs is 4. The maximum absolute atomic E-state index is 13.4. The molecule has 8 heteroatoms. The van der Waals surface area contributed by atoms with Crippen LogP contribution in [-0.2, 0) is 10.0 Å². The van der Waals surface area contributed by atoms with Gasteiger partial charge in [0.2, 0.25) is 0 Å². The molecule has 1 aromatic carbocycles. The third-order valence-electron chi connectivity index (χ3n) is 7.05. The summed E-state index contributed by atoms with van der Waals surface area (Å²) in [6, 6.07) is 12.1. The molecule has 172 valence electrons. The lowest BCUT2D eigenvalue weighted by molar-refractivity contribution is 0.00489. The van der Waals surface area contributed by atoms with Gasteiger partial charge in [0, 0.05) is 30.4 Å². The summed E-state index contributed by atoms with van der Waals surface area (Å²) in [5.41, 5.74) is 1.70. The molecule has 1 unspecified atom stereocenters. The molecular formula is C25H28N4O3S. The van der Waals surface area contributed by atoms with Crippen LogP contribution < -0.4 is 9.46 Å². The van der Waals surface area contributed by atoms with E-state index in [-0.39, 0.29) is 11.1 Å². The zero-order valence-electron chi connectivity index (χ0n) is 18.6. The Balaban J connectivity index is 1.61. The highest BCUT2D eigenvalue weighted by atomic mass is 32.2. The summed E-state index contributed by atoms with van der Waals surface area (Å²) in [6.07, 6.45) is 7.30. The number of piperidine rings is 3. The second kappa shape index (κ2) is 8.85. The van der Waals surface area contributed by atoms with Gasteiger partial charge in [0.05, 0.1) is 18.7 Å². The van der Waals surface area contributed by atoms with E-state index in [1.165, 1.54) is 12.3 Å². The van der Waals surface area contributed by atoms with Crippen molar-refractivity contribution >= 4 is 20.9 Å². The zero-order valence-corrected chi connectivity index (χ0v) is 19.4. The van der Waals surface area contributed by atoms with Crippen molar-refractivity contribution in [1.82, 2.24) is 19.6 Å². The minimum absolute atomic E-state index is 0.0193. The lowest BCUT2D eigenvalue weighted by atomic mass is 9.73. The van der Waals surface area contributed by atoms with Crippen LogP contribution in [0.1, 0.15) is 24.4 Å². The van der Waals surface area contributed by atoms with Crippen LogP contribution in [0.3, 0.4) is 0 Å². The minimum Gasteiger partial charge on any atom is -0.497 e. The topological polar surface area (TPSA) is 84.4 Å². The number of sulfonamides is 1. The van der Waals surface area contributed by atoms with E-state index < -0.39 is 16.1 Å². The van der Waals surface area contributed by atoms with Crippen LogP contribution in [0.15, 0.2) is 72.5 Å². The predicted octanol–water partition coefficient (Wildman–Crippen LogP) is 3.55. The van der Waals surface area contributed by atoms with Crippen molar-refractivity contribution in [2.75, 3.05) is 20.2 Å². The monoisotopic (exact) mass is 464 g/mol. The largest absolute Gasteiger partial charge is 0.497 e. The highest BCUT2D eigenvalue weighted by Crippen LogP contribution is 2.42. The van der Waals surface area contributed by atoms with Gasteiger partial charge in [-0.05, 0) is 73.2 Å². The lowest BCUT2D eigenvalue weighted by Crippen LogP contribution is -2.57. The van der Waals surface area contributed by atoms with E-state index in [0.717, 1.165) is 42.4 Å². The molecular weight excluding hydrogens is 436 g/mol. The van der Waals surface area contributed by atoms with Crippen molar-refractivity contribution in [1.29, 1.82) is 0 Å². The van der Waals surface area contributed by atoms with E-state index in [1.807, 2.05) is 30.3 Å². The van der Waals surface area contributed by atoms with Crippen molar-refractivity contribution in [3.8, 4) is 5.75 Å². The summed E-state index contributed by atoms with van der Waals surface area (Å²) >= 11 is 0. The molecule has 0 spiro atoms. The fourth-order valence-electron chi connectivity index (χ4n) is 5.35. The van der Waals surface area contributed by atoms with Crippen molar-refractivity contribution < 1.29 is 13.2 Å². The summed E-state index contributed by atoms with van der Waals surface area (Å²) in [6.45, 7) is 5.87. The number of hydrogen-bond donors (Lipinski definition) is 1. The standard InChI is InChI=1S/C25H28N4O3S/c1-3-17-16-29-13-10-18(17)14-23(29)25(28-33(30,31)24-6-4-5-11-27-24)20-9-12-26-22-8-7-19(32-2)15-21(20)22/h3-9,11-12,15,17-18,23,25,28H,1,10,13-14,16H2,2H3/t17-,18-,23-,25-/m0/s1. The van der Waals surface area contributed by atoms with Gasteiger partial charge in [-0.3, -0.25) is 9.88 Å². The van der Waals surface area contributed by atoms with Crippen molar-refractivity contribution in [2.24, 2.45) is 11.8 Å². The molecule has 0 saturated carbocycles. The average Bonchev–Trinajstić information content (AvgIpc) is 2.87. The second-order valence-corrected chi connectivity index (χ2v) is 10.5. The van der Waals surface area contributed by atoms with E-state index in [0.29, 0.717) is 17.6 Å². The van der Waals surface area contributed by atoms with Gasteiger partial charge in [-0.1, -0.05) is 12.1 Å². The number of ether oxygens (including phenoxy) is 1. The van der Waals surface area contributed by atoms with Gasteiger partial charge in [-0.25, -0.2) is 18.1 Å². The SMILES string of the molecule is C=C[C@H]1CN2CC[C@H]1C[C@H]2[C@@H](NS(=O)(=O)c1ccccn1)c1ccnc2ccc(OC)cc12. The number of nitrogens with one attached hydrogen (secondary N) is 1. The summed E-state index contributed by atoms with van der Waals surface area (Å²) < 4.78 is 35.3. The Hall–Kier alpha value is -2.81. The van der Waals surface area contributed by atoms with E-state index in [1.54, 1.807) is 25.4 Å². The van der Waals surface area contributed by atoms with Crippen molar-refractivity contribution in [2.45, 2.75) is 30.0 Å². The van der Waals surface area contributed by atoms with Crippen LogP contribution in [0, 0.1) is 11.8 Å². The van der Waals surface area contributed by atoms with Crippen LogP contribution in [0.4, 0.5) is 0 Å². The van der Waals surface area contributed by atoms with Crippen molar-refractivity contribution in [3.05, 3.63) is 73.1 Å². The van der Waals surface area contributed by atoms with E-state index in [4.69, 9.17) is 4.74 Å². The molecule has 3 aliphatic heterocycles. The number of methoxy groups -OCH3 is 1. The Morgan fingerprint density at radius 2 is 2.09 bits per heavy atom. The van der Waals surface area contributed by atoms with Crippen LogP contribution in [0.25, 0.3) is 10.9 Å². The Bertz CT molecular complexity index is 1270. The molecule has 3 saturated heterocycles. The number of aromatic nitrogens is 2. The van der Waals surface area contributed by atoms with Gasteiger partial charge in [-0.15, -0.1) is 6.58 Å². The van der Waals surface area contributed by atoms with Gasteiger partial charge in [0.15, 0.2) is 5.03 Å².